The minimum atomic E-state index is -1.84. The molecular weight excluding hydrogens is 869 g/mol. The lowest BCUT2D eigenvalue weighted by Gasteiger charge is -2.22. The predicted molar refractivity (Wildman–Crippen MR) is 286 cm³/mol. The van der Waals surface area contributed by atoms with E-state index in [0.717, 1.165) is 101 Å². The van der Waals surface area contributed by atoms with E-state index in [0.29, 0.717) is 0 Å². The molecule has 0 unspecified atom stereocenters. The van der Waals surface area contributed by atoms with E-state index in [2.05, 4.69) is 196 Å². The molecule has 8 nitrogen and oxygen atoms in total. The summed E-state index contributed by atoms with van der Waals surface area (Å²) in [6, 6.07) is 51.0. The third-order valence-electron chi connectivity index (χ3n) is 12.8. The molecule has 0 aliphatic rings. The van der Waals surface area contributed by atoms with E-state index in [4.69, 9.17) is 29.4 Å². The number of hydrogen-bond donors (Lipinski definition) is 0. The molecule has 11 aromatic rings. The molecule has 0 atom stereocenters. The maximum absolute atomic E-state index is 6.92. The molecule has 0 bridgehead atoms. The Morgan fingerprint density at radius 3 is 1.21 bits per heavy atom. The number of benzene rings is 6. The van der Waals surface area contributed by atoms with Gasteiger partial charge in [-0.15, -0.1) is 0 Å². The van der Waals surface area contributed by atoms with Gasteiger partial charge in [0.15, 0.2) is 0 Å². The van der Waals surface area contributed by atoms with E-state index >= 15 is 0 Å². The van der Waals surface area contributed by atoms with Crippen LogP contribution in [0.1, 0.15) is 11.1 Å². The number of aryl methyl sites for hydroxylation is 2. The second kappa shape index (κ2) is 16.6. The zero-order valence-electron chi connectivity index (χ0n) is 39.7. The standard InChI is InChI=1S/C58H52N6O2Si2/c1-37-25-27-59-57(29-37)63-49-15-11-9-13-43(49)45-21-19-41(33-51(45)63)65-53-31-39(17-23-55(53)67(3,4)5)47-35-62-48(36-61-47)40-18-24-56(68(6,7)8)54(32-40)66-42-20-22-46-44-14-10-12-16-50(44)64(52(46)34-42)58-30-38(2)26-28-60-58/h9-36H,1-8H3. The second-order valence-corrected chi connectivity index (χ2v) is 29.9. The Balaban J connectivity index is 0.925. The molecule has 0 aliphatic heterocycles. The van der Waals surface area contributed by atoms with E-state index in [1.165, 1.54) is 21.1 Å². The number of fused-ring (bicyclic) bond motifs is 6. The molecule has 5 heterocycles. The van der Waals surface area contributed by atoms with Crippen molar-refractivity contribution < 1.29 is 9.47 Å². The lowest BCUT2D eigenvalue weighted by Crippen LogP contribution is -2.38. The van der Waals surface area contributed by atoms with Crippen molar-refractivity contribution in [2.24, 2.45) is 0 Å². The number of pyridine rings is 2. The number of para-hydroxylation sites is 2. The molecular formula is C58H52N6O2Si2. The van der Waals surface area contributed by atoms with Crippen molar-refractivity contribution >= 4 is 70.1 Å². The van der Waals surface area contributed by atoms with Gasteiger partial charge in [-0.2, -0.15) is 0 Å². The van der Waals surface area contributed by atoms with Gasteiger partial charge >= 0.3 is 0 Å². The van der Waals surface area contributed by atoms with E-state index in [1.54, 1.807) is 0 Å². The summed E-state index contributed by atoms with van der Waals surface area (Å²) in [5.41, 5.74) is 10.0. The zero-order chi connectivity index (χ0) is 46.9. The van der Waals surface area contributed by atoms with Crippen LogP contribution >= 0.6 is 0 Å². The highest BCUT2D eigenvalue weighted by molar-refractivity contribution is 6.89. The van der Waals surface area contributed by atoms with E-state index in [9.17, 15) is 0 Å². The van der Waals surface area contributed by atoms with Crippen LogP contribution in [-0.2, 0) is 0 Å². The summed E-state index contributed by atoms with van der Waals surface area (Å²) < 4.78 is 18.3. The maximum atomic E-state index is 6.92. The van der Waals surface area contributed by atoms with Crippen LogP contribution in [-0.4, -0.2) is 45.2 Å². The highest BCUT2D eigenvalue weighted by atomic mass is 28.3. The molecule has 0 radical (unpaired) electrons. The van der Waals surface area contributed by atoms with Crippen LogP contribution in [0.15, 0.2) is 170 Å². The number of aromatic nitrogens is 6. The van der Waals surface area contributed by atoms with Crippen LogP contribution in [0.4, 0.5) is 0 Å². The van der Waals surface area contributed by atoms with Crippen molar-refractivity contribution in [3.05, 3.63) is 182 Å². The van der Waals surface area contributed by atoms with Gasteiger partial charge in [-0.3, -0.25) is 19.1 Å². The largest absolute Gasteiger partial charge is 0.457 e. The number of hydrogen-bond acceptors (Lipinski definition) is 6. The molecule has 0 saturated heterocycles. The number of ether oxygens (including phenoxy) is 2. The molecule has 0 spiro atoms. The lowest BCUT2D eigenvalue weighted by molar-refractivity contribution is 0.486. The Bertz CT molecular complexity index is 3500. The van der Waals surface area contributed by atoms with E-state index < -0.39 is 16.1 Å². The van der Waals surface area contributed by atoms with Crippen molar-refractivity contribution in [1.82, 2.24) is 29.1 Å². The Morgan fingerprint density at radius 1 is 0.397 bits per heavy atom. The van der Waals surface area contributed by atoms with Crippen LogP contribution in [0, 0.1) is 13.8 Å². The lowest BCUT2D eigenvalue weighted by atomic mass is 10.1. The van der Waals surface area contributed by atoms with Crippen LogP contribution in [0.5, 0.6) is 23.0 Å². The van der Waals surface area contributed by atoms with Gasteiger partial charge in [-0.25, -0.2) is 9.97 Å². The number of rotatable bonds is 10. The summed E-state index contributed by atoms with van der Waals surface area (Å²) in [7, 11) is -3.68. The highest BCUT2D eigenvalue weighted by Gasteiger charge is 2.25. The van der Waals surface area contributed by atoms with Crippen molar-refractivity contribution in [2.75, 3.05) is 0 Å². The molecule has 0 aliphatic carbocycles. The maximum Gasteiger partial charge on any atom is 0.137 e. The first kappa shape index (κ1) is 42.9. The van der Waals surface area contributed by atoms with Crippen molar-refractivity contribution in [2.45, 2.75) is 53.1 Å². The number of nitrogens with zero attached hydrogens (tertiary/aromatic N) is 6. The third-order valence-corrected chi connectivity index (χ3v) is 16.9. The van der Waals surface area contributed by atoms with E-state index in [-0.39, 0.29) is 0 Å². The molecule has 334 valence electrons. The smallest absolute Gasteiger partial charge is 0.137 e. The summed E-state index contributed by atoms with van der Waals surface area (Å²) in [6.07, 6.45) is 7.47. The summed E-state index contributed by atoms with van der Waals surface area (Å²) in [6.45, 7) is 18.3. The quantitative estimate of drug-likeness (QED) is 0.127. The van der Waals surface area contributed by atoms with Gasteiger partial charge < -0.3 is 9.47 Å². The Hall–Kier alpha value is -7.67. The molecule has 10 heteroatoms. The molecule has 0 fully saturated rings. The van der Waals surface area contributed by atoms with E-state index in [1.807, 2.05) is 36.9 Å². The predicted octanol–water partition coefficient (Wildman–Crippen LogP) is 14.1. The fraction of sp³-hybridized carbons (Fsp3) is 0.138. The van der Waals surface area contributed by atoms with Crippen molar-refractivity contribution in [3.63, 3.8) is 0 Å². The first-order valence-corrected chi connectivity index (χ1v) is 30.2. The van der Waals surface area contributed by atoms with Crippen LogP contribution in [0.25, 0.3) is 77.8 Å². The summed E-state index contributed by atoms with van der Waals surface area (Å²) in [5.74, 6) is 4.95. The Labute approximate surface area is 398 Å². The average Bonchev–Trinajstić information content (AvgIpc) is 3.83. The molecule has 6 aromatic carbocycles. The van der Waals surface area contributed by atoms with Gasteiger partial charge in [0.25, 0.3) is 0 Å². The van der Waals surface area contributed by atoms with Crippen LogP contribution in [0.2, 0.25) is 39.3 Å². The normalized spacial score (nSPS) is 12.1. The van der Waals surface area contributed by atoms with Crippen LogP contribution < -0.4 is 19.8 Å². The zero-order valence-corrected chi connectivity index (χ0v) is 41.7. The fourth-order valence-electron chi connectivity index (χ4n) is 9.46. The molecule has 11 rings (SSSR count). The average molecular weight is 921 g/mol. The van der Waals surface area contributed by atoms with Gasteiger partial charge in [0.05, 0.1) is 62.0 Å². The third kappa shape index (κ3) is 7.85. The molecule has 5 aromatic heterocycles. The van der Waals surface area contributed by atoms with Gasteiger partial charge in [-0.05, 0) is 108 Å². The van der Waals surface area contributed by atoms with Gasteiger partial charge in [0.1, 0.15) is 34.6 Å². The molecule has 0 amide bonds. The van der Waals surface area contributed by atoms with Gasteiger partial charge in [0.2, 0.25) is 0 Å². The summed E-state index contributed by atoms with van der Waals surface area (Å²) in [5, 5.41) is 7.11. The van der Waals surface area contributed by atoms with Crippen molar-refractivity contribution in [3.8, 4) is 57.1 Å². The molecule has 0 N–H and O–H groups in total. The molecule has 0 saturated carbocycles. The van der Waals surface area contributed by atoms with Crippen molar-refractivity contribution in [1.29, 1.82) is 0 Å². The minimum absolute atomic E-state index is 0.762. The minimum Gasteiger partial charge on any atom is -0.457 e. The monoisotopic (exact) mass is 920 g/mol. The van der Waals surface area contributed by atoms with Crippen LogP contribution in [0.3, 0.4) is 0 Å². The van der Waals surface area contributed by atoms with Gasteiger partial charge in [0, 0.05) is 57.2 Å². The Kier molecular flexibility index (Phi) is 10.5. The summed E-state index contributed by atoms with van der Waals surface area (Å²) in [4.78, 5) is 19.6. The first-order valence-electron chi connectivity index (χ1n) is 23.2. The second-order valence-electron chi connectivity index (χ2n) is 19.9. The Morgan fingerprint density at radius 2 is 0.809 bits per heavy atom. The fourth-order valence-corrected chi connectivity index (χ4v) is 12.3. The summed E-state index contributed by atoms with van der Waals surface area (Å²) >= 11 is 0. The SMILES string of the molecule is Cc1ccnc(-n2c3ccccc3c3ccc(Oc4cc(-c5cnc(-c6ccc([Si](C)(C)C)c(Oc7ccc8c9ccccc9n(-c9cc(C)ccn9)c8c7)c6)cn5)ccc4[Si](C)(C)C)cc32)c1. The molecule has 68 heavy (non-hydrogen) atoms. The van der Waals surface area contributed by atoms with Gasteiger partial charge in [-0.1, -0.05) is 99.9 Å². The topological polar surface area (TPSA) is 79.9 Å². The highest BCUT2D eigenvalue weighted by Crippen LogP contribution is 2.38. The first-order chi connectivity index (χ1) is 32.8.